The summed E-state index contributed by atoms with van der Waals surface area (Å²) in [6.45, 7) is 7.69. The summed E-state index contributed by atoms with van der Waals surface area (Å²) in [4.78, 5) is 23.5. The molecule has 0 fully saturated rings. The number of esters is 2. The monoisotopic (exact) mass is 454 g/mol. The van der Waals surface area contributed by atoms with Crippen LogP contribution in [0.3, 0.4) is 0 Å². The van der Waals surface area contributed by atoms with E-state index in [0.717, 1.165) is 57.8 Å². The summed E-state index contributed by atoms with van der Waals surface area (Å²) >= 11 is 0. The summed E-state index contributed by atoms with van der Waals surface area (Å²) in [5.74, 6) is 0.406. The van der Waals surface area contributed by atoms with Crippen LogP contribution >= 0.6 is 0 Å². The van der Waals surface area contributed by atoms with Crippen molar-refractivity contribution in [3.8, 4) is 0 Å². The van der Waals surface area contributed by atoms with Crippen molar-refractivity contribution in [2.45, 2.75) is 149 Å². The topological polar surface area (TPSA) is 52.6 Å². The van der Waals surface area contributed by atoms with Gasteiger partial charge in [0.15, 0.2) is 0 Å². The predicted octanol–water partition coefficient (Wildman–Crippen LogP) is 8.55. The third-order valence-electron chi connectivity index (χ3n) is 6.41. The molecule has 190 valence electrons. The number of rotatable bonds is 24. The second-order valence-corrected chi connectivity index (χ2v) is 9.39. The van der Waals surface area contributed by atoms with Crippen molar-refractivity contribution in [3.63, 3.8) is 0 Å². The third kappa shape index (κ3) is 22.1. The molecule has 0 saturated heterocycles. The summed E-state index contributed by atoms with van der Waals surface area (Å²) in [5, 5.41) is 0. The summed E-state index contributed by atoms with van der Waals surface area (Å²) in [7, 11) is 0. The van der Waals surface area contributed by atoms with E-state index < -0.39 is 0 Å². The molecule has 4 nitrogen and oxygen atoms in total. The van der Waals surface area contributed by atoms with Crippen molar-refractivity contribution < 1.29 is 19.1 Å². The highest BCUT2D eigenvalue weighted by Crippen LogP contribution is 2.13. The van der Waals surface area contributed by atoms with E-state index >= 15 is 0 Å². The first-order chi connectivity index (χ1) is 15.6. The molecular weight excluding hydrogens is 400 g/mol. The van der Waals surface area contributed by atoms with Gasteiger partial charge in [0.05, 0.1) is 13.2 Å². The Bertz CT molecular complexity index is 418. The Balaban J connectivity index is 3.30. The van der Waals surface area contributed by atoms with Crippen LogP contribution < -0.4 is 0 Å². The van der Waals surface area contributed by atoms with Gasteiger partial charge in [0.2, 0.25) is 0 Å². The smallest absolute Gasteiger partial charge is 0.305 e. The van der Waals surface area contributed by atoms with Gasteiger partial charge in [-0.1, -0.05) is 117 Å². The molecule has 0 aliphatic rings. The highest BCUT2D eigenvalue weighted by Gasteiger charge is 2.08. The molecule has 0 N–H and O–H groups in total. The van der Waals surface area contributed by atoms with Crippen LogP contribution in [0, 0.1) is 5.92 Å². The van der Waals surface area contributed by atoms with Gasteiger partial charge in [-0.15, -0.1) is 0 Å². The molecule has 0 spiro atoms. The number of carbonyl (C=O) groups is 2. The van der Waals surface area contributed by atoms with Gasteiger partial charge in [0.25, 0.3) is 0 Å². The van der Waals surface area contributed by atoms with Gasteiger partial charge < -0.3 is 9.47 Å². The highest BCUT2D eigenvalue weighted by molar-refractivity contribution is 5.69. The van der Waals surface area contributed by atoms with E-state index in [1.807, 2.05) is 0 Å². The fourth-order valence-electron chi connectivity index (χ4n) is 3.90. The minimum atomic E-state index is -0.0537. The second kappa shape index (κ2) is 24.6. The molecule has 0 amide bonds. The van der Waals surface area contributed by atoms with Crippen molar-refractivity contribution in [3.05, 3.63) is 0 Å². The van der Waals surface area contributed by atoms with Gasteiger partial charge in [-0.2, -0.15) is 0 Å². The van der Waals surface area contributed by atoms with Crippen LogP contribution in [0.25, 0.3) is 0 Å². The van der Waals surface area contributed by atoms with Gasteiger partial charge in [-0.3, -0.25) is 9.59 Å². The molecule has 4 heteroatoms. The van der Waals surface area contributed by atoms with Crippen LogP contribution in [-0.2, 0) is 19.1 Å². The van der Waals surface area contributed by atoms with Gasteiger partial charge in [0.1, 0.15) is 0 Å². The van der Waals surface area contributed by atoms with E-state index in [2.05, 4.69) is 20.8 Å². The lowest BCUT2D eigenvalue weighted by molar-refractivity contribution is -0.145. The first-order valence-electron chi connectivity index (χ1n) is 13.9. The molecular formula is C28H54O4. The van der Waals surface area contributed by atoms with Crippen LogP contribution in [0.1, 0.15) is 149 Å². The summed E-state index contributed by atoms with van der Waals surface area (Å²) < 4.78 is 10.7. The summed E-state index contributed by atoms with van der Waals surface area (Å²) in [5.41, 5.74) is 0. The van der Waals surface area contributed by atoms with E-state index in [1.54, 1.807) is 0 Å². The van der Waals surface area contributed by atoms with E-state index in [1.165, 1.54) is 57.8 Å². The van der Waals surface area contributed by atoms with Gasteiger partial charge in [-0.25, -0.2) is 0 Å². The number of hydrogen-bond acceptors (Lipinski definition) is 4. The lowest BCUT2D eigenvalue weighted by Gasteiger charge is -2.12. The van der Waals surface area contributed by atoms with E-state index in [-0.39, 0.29) is 11.9 Å². The third-order valence-corrected chi connectivity index (χ3v) is 6.41. The Morgan fingerprint density at radius 2 is 0.938 bits per heavy atom. The zero-order valence-electron chi connectivity index (χ0n) is 21.8. The molecule has 0 unspecified atom stereocenters. The van der Waals surface area contributed by atoms with Gasteiger partial charge in [-0.05, 0) is 25.2 Å². The number of hydrogen-bond donors (Lipinski definition) is 0. The Morgan fingerprint density at radius 1 is 0.531 bits per heavy atom. The molecule has 0 aromatic heterocycles. The van der Waals surface area contributed by atoms with Crippen LogP contribution in [0.4, 0.5) is 0 Å². The van der Waals surface area contributed by atoms with Crippen LogP contribution in [-0.4, -0.2) is 25.2 Å². The van der Waals surface area contributed by atoms with Crippen LogP contribution in [0.2, 0.25) is 0 Å². The maximum absolute atomic E-state index is 11.8. The quantitative estimate of drug-likeness (QED) is 0.108. The lowest BCUT2D eigenvalue weighted by Crippen LogP contribution is -2.12. The van der Waals surface area contributed by atoms with E-state index in [0.29, 0.717) is 32.0 Å². The van der Waals surface area contributed by atoms with Crippen LogP contribution in [0.5, 0.6) is 0 Å². The lowest BCUT2D eigenvalue weighted by atomic mass is 10.1. The van der Waals surface area contributed by atoms with E-state index in [9.17, 15) is 9.59 Å². The standard InChI is InChI=1S/C28H54O4/c1-4-7-8-9-10-11-12-15-18-21-24-31-27(29)22-19-16-13-14-17-20-23-28(30)32-25-26(5-2)6-3/h26H,4-25H2,1-3H3. The highest BCUT2D eigenvalue weighted by atomic mass is 16.5. The van der Waals surface area contributed by atoms with Crippen molar-refractivity contribution in [2.75, 3.05) is 13.2 Å². The Morgan fingerprint density at radius 3 is 1.41 bits per heavy atom. The van der Waals surface area contributed by atoms with Crippen molar-refractivity contribution in [1.82, 2.24) is 0 Å². The van der Waals surface area contributed by atoms with Crippen molar-refractivity contribution >= 4 is 11.9 Å². The number of carbonyl (C=O) groups excluding carboxylic acids is 2. The van der Waals surface area contributed by atoms with Crippen LogP contribution in [0.15, 0.2) is 0 Å². The molecule has 0 aliphatic heterocycles. The maximum atomic E-state index is 11.8. The molecule has 0 aliphatic carbocycles. The fourth-order valence-corrected chi connectivity index (χ4v) is 3.90. The van der Waals surface area contributed by atoms with Crippen molar-refractivity contribution in [1.29, 1.82) is 0 Å². The minimum Gasteiger partial charge on any atom is -0.466 e. The molecule has 0 rings (SSSR count). The SMILES string of the molecule is CCCCCCCCCCCCOC(=O)CCCCCCCCC(=O)OCC(CC)CC. The zero-order valence-corrected chi connectivity index (χ0v) is 21.8. The first-order valence-corrected chi connectivity index (χ1v) is 13.9. The molecule has 0 aromatic rings. The average molecular weight is 455 g/mol. The molecule has 0 aromatic carbocycles. The number of ether oxygens (including phenoxy) is 2. The average Bonchev–Trinajstić information content (AvgIpc) is 2.79. The molecule has 0 heterocycles. The summed E-state index contributed by atoms with van der Waals surface area (Å²) in [6, 6.07) is 0. The molecule has 0 radical (unpaired) electrons. The minimum absolute atomic E-state index is 0.0406. The normalized spacial score (nSPS) is 11.1. The maximum Gasteiger partial charge on any atom is 0.305 e. The van der Waals surface area contributed by atoms with Crippen molar-refractivity contribution in [2.24, 2.45) is 5.92 Å². The fraction of sp³-hybridized carbons (Fsp3) is 0.929. The zero-order chi connectivity index (χ0) is 23.7. The predicted molar refractivity (Wildman–Crippen MR) is 135 cm³/mol. The molecule has 0 atom stereocenters. The second-order valence-electron chi connectivity index (χ2n) is 9.39. The van der Waals surface area contributed by atoms with Gasteiger partial charge >= 0.3 is 11.9 Å². The van der Waals surface area contributed by atoms with E-state index in [4.69, 9.17) is 9.47 Å². The first kappa shape index (κ1) is 30.9. The Labute approximate surface area is 199 Å². The molecule has 0 saturated carbocycles. The summed E-state index contributed by atoms with van der Waals surface area (Å²) in [6.07, 6.45) is 22.3. The number of unbranched alkanes of at least 4 members (excludes halogenated alkanes) is 14. The molecule has 32 heavy (non-hydrogen) atoms. The largest absolute Gasteiger partial charge is 0.466 e. The Kier molecular flexibility index (Phi) is 23.8. The Hall–Kier alpha value is -1.06. The molecule has 0 bridgehead atoms. The van der Waals surface area contributed by atoms with Gasteiger partial charge in [0, 0.05) is 12.8 Å².